The molecule has 0 fully saturated rings. The van der Waals surface area contributed by atoms with E-state index in [9.17, 15) is 10.2 Å². The summed E-state index contributed by atoms with van der Waals surface area (Å²) in [5, 5.41) is 24.9. The van der Waals surface area contributed by atoms with E-state index in [1.54, 1.807) is 18.2 Å². The zero-order valence-corrected chi connectivity index (χ0v) is 63.7. The van der Waals surface area contributed by atoms with Gasteiger partial charge in [0, 0.05) is 66.1 Å². The number of phenolic OH excluding ortho intramolecular Hbond substituents is 2. The Morgan fingerprint density at radius 3 is 1.06 bits per heavy atom. The Bertz CT molecular complexity index is 5440. The lowest BCUT2D eigenvalue weighted by atomic mass is 9.87. The molecule has 560 valence electrons. The molecule has 19 rings (SSSR count). The fourth-order valence-electron chi connectivity index (χ4n) is 14.2. The summed E-state index contributed by atoms with van der Waals surface area (Å²) >= 11 is 4.38. The molecule has 0 spiro atoms. The zero-order chi connectivity index (χ0) is 77.1. The largest absolute Gasteiger partial charge is 0.508 e. The van der Waals surface area contributed by atoms with E-state index in [0.29, 0.717) is 51.4 Å². The molecule has 6 aliphatic heterocycles. The molecule has 4 N–H and O–H groups in total. The molecule has 0 aromatic heterocycles. The molecule has 16 heteroatoms. The molecule has 0 radical (unpaired) electrons. The van der Waals surface area contributed by atoms with Crippen LogP contribution in [-0.4, -0.2) is 85.2 Å². The minimum absolute atomic E-state index is 0.0406. The predicted octanol–water partition coefficient (Wildman–Crippen LogP) is 21.7. The van der Waals surface area contributed by atoms with E-state index in [1.807, 2.05) is 191 Å². The minimum Gasteiger partial charge on any atom is -0.508 e. The number of anilines is 1. The third kappa shape index (κ3) is 18.4. The van der Waals surface area contributed by atoms with Crippen molar-refractivity contribution in [2.45, 2.75) is 68.8 Å². The molecule has 6 aliphatic rings. The second-order valence-corrected chi connectivity index (χ2v) is 27.7. The van der Waals surface area contributed by atoms with Crippen LogP contribution in [0, 0.1) is 0 Å². The van der Waals surface area contributed by atoms with Crippen molar-refractivity contribution in [3.05, 3.63) is 360 Å². The number of para-hydroxylation sites is 2. The highest BCUT2D eigenvalue weighted by molar-refractivity contribution is 7.80. The SMILES string of the molecule is CC1=N[C@@H](c2ccccc2-c2ccccc2)CO1.CC1=N[C@@H](c2ccccc2N)CO1.CC1=N[C@@H](c2ccccc2O)CO1.CC1=N[C@@H](c2ccccc2S)CO1.Oc1ccc2ccccc2c1-c1c([C@H]2COC(c3ccccc3)=N2)ccc2ccccc12.c1ccc(C2=N[C@@H](c3ccccc3-c3ccccc3)CO2)cc1. The van der Waals surface area contributed by atoms with Crippen LogP contribution in [0.25, 0.3) is 54.9 Å². The van der Waals surface area contributed by atoms with Crippen molar-refractivity contribution in [2.75, 3.05) is 45.4 Å². The number of rotatable bonds is 11. The minimum atomic E-state index is -0.150. The first kappa shape index (κ1) is 75.7. The van der Waals surface area contributed by atoms with Gasteiger partial charge in [0.05, 0.1) is 0 Å². The van der Waals surface area contributed by atoms with Crippen LogP contribution in [-0.2, 0) is 28.4 Å². The van der Waals surface area contributed by atoms with Crippen LogP contribution in [0.1, 0.15) is 108 Å². The maximum Gasteiger partial charge on any atom is 0.216 e. The van der Waals surface area contributed by atoms with E-state index in [4.69, 9.17) is 44.1 Å². The van der Waals surface area contributed by atoms with E-state index < -0.39 is 0 Å². The molecule has 0 saturated heterocycles. The number of aromatic hydroxyl groups is 2. The molecule has 13 aromatic carbocycles. The van der Waals surface area contributed by atoms with Crippen LogP contribution in [0.3, 0.4) is 0 Å². The fourth-order valence-corrected chi connectivity index (χ4v) is 14.5. The van der Waals surface area contributed by atoms with Crippen molar-refractivity contribution in [1.82, 2.24) is 0 Å². The highest BCUT2D eigenvalue weighted by Gasteiger charge is 2.30. The van der Waals surface area contributed by atoms with Crippen LogP contribution >= 0.6 is 12.6 Å². The average Bonchev–Trinajstić information content (AvgIpc) is 1.02. The van der Waals surface area contributed by atoms with Crippen molar-refractivity contribution >= 4 is 75.2 Å². The van der Waals surface area contributed by atoms with Crippen molar-refractivity contribution in [2.24, 2.45) is 30.0 Å². The van der Waals surface area contributed by atoms with Crippen molar-refractivity contribution in [3.8, 4) is 44.9 Å². The van der Waals surface area contributed by atoms with Crippen LogP contribution in [0.15, 0.2) is 350 Å². The lowest BCUT2D eigenvalue weighted by Gasteiger charge is -2.18. The summed E-state index contributed by atoms with van der Waals surface area (Å²) in [6.07, 6.45) is 0. The number of nitrogens with zero attached hydrogens (tertiary/aromatic N) is 6. The van der Waals surface area contributed by atoms with E-state index in [0.717, 1.165) is 100 Å². The van der Waals surface area contributed by atoms with Crippen LogP contribution in [0.2, 0.25) is 0 Å². The Hall–Kier alpha value is -13.1. The number of phenols is 2. The molecule has 15 nitrogen and oxygen atoms in total. The van der Waals surface area contributed by atoms with Gasteiger partial charge in [0.15, 0.2) is 23.6 Å². The first-order valence-corrected chi connectivity index (χ1v) is 37.9. The highest BCUT2D eigenvalue weighted by Crippen LogP contribution is 2.46. The molecular formula is C96H87N7O8S. The molecule has 0 aliphatic carbocycles. The first-order valence-electron chi connectivity index (χ1n) is 37.5. The number of thiol groups is 1. The molecule has 0 unspecified atom stereocenters. The number of aliphatic imine (C=N–C) groups is 6. The fraction of sp³-hybridized carbons (Fsp3) is 0.167. The molecule has 112 heavy (non-hydrogen) atoms. The van der Waals surface area contributed by atoms with Gasteiger partial charge in [0.25, 0.3) is 0 Å². The maximum atomic E-state index is 11.1. The van der Waals surface area contributed by atoms with Gasteiger partial charge < -0.3 is 44.4 Å². The Morgan fingerprint density at radius 2 is 0.607 bits per heavy atom. The normalized spacial score (nSPS) is 18.2. The molecular weight excluding hydrogens is 1410 g/mol. The third-order valence-electron chi connectivity index (χ3n) is 19.7. The molecule has 0 bridgehead atoms. The second kappa shape index (κ2) is 36.4. The highest BCUT2D eigenvalue weighted by atomic mass is 32.1. The molecule has 13 aromatic rings. The topological polar surface area (TPSA) is 196 Å². The molecule has 6 atom stereocenters. The number of fused-ring (bicyclic) bond motifs is 2. The summed E-state index contributed by atoms with van der Waals surface area (Å²) < 4.78 is 33.1. The third-order valence-corrected chi connectivity index (χ3v) is 20.1. The lowest BCUT2D eigenvalue weighted by Crippen LogP contribution is -2.02. The Morgan fingerprint density at radius 1 is 0.277 bits per heavy atom. The number of nitrogen functional groups attached to an aromatic ring is 1. The van der Waals surface area contributed by atoms with Gasteiger partial charge in [-0.15, -0.1) is 12.6 Å². The van der Waals surface area contributed by atoms with E-state index in [2.05, 4.69) is 166 Å². The van der Waals surface area contributed by atoms with Gasteiger partial charge in [-0.1, -0.05) is 267 Å². The number of hydrogen-bond acceptors (Lipinski definition) is 16. The van der Waals surface area contributed by atoms with Crippen LogP contribution < -0.4 is 5.73 Å². The number of nitrogens with two attached hydrogens (primary N) is 1. The van der Waals surface area contributed by atoms with Gasteiger partial charge in [0.2, 0.25) is 11.8 Å². The van der Waals surface area contributed by atoms with Crippen molar-refractivity contribution < 1.29 is 38.6 Å². The van der Waals surface area contributed by atoms with E-state index in [-0.39, 0.29) is 47.8 Å². The van der Waals surface area contributed by atoms with E-state index >= 15 is 0 Å². The zero-order valence-electron chi connectivity index (χ0n) is 62.8. The predicted molar refractivity (Wildman–Crippen MR) is 456 cm³/mol. The number of benzene rings is 13. The monoisotopic (exact) mass is 1500 g/mol. The lowest BCUT2D eigenvalue weighted by molar-refractivity contribution is 0.314. The van der Waals surface area contributed by atoms with Crippen molar-refractivity contribution in [1.29, 1.82) is 0 Å². The van der Waals surface area contributed by atoms with Gasteiger partial charge in [-0.2, -0.15) is 0 Å². The first-order chi connectivity index (χ1) is 54.9. The molecule has 0 saturated carbocycles. The summed E-state index contributed by atoms with van der Waals surface area (Å²) in [5.74, 6) is 4.93. The summed E-state index contributed by atoms with van der Waals surface area (Å²) in [6.45, 7) is 11.0. The van der Waals surface area contributed by atoms with Gasteiger partial charge in [-0.25, -0.2) is 30.0 Å². The average molecular weight is 1500 g/mol. The summed E-state index contributed by atoms with van der Waals surface area (Å²) in [7, 11) is 0. The smallest absolute Gasteiger partial charge is 0.216 e. The van der Waals surface area contributed by atoms with E-state index in [1.165, 1.54) is 33.4 Å². The maximum absolute atomic E-state index is 11.1. The number of ether oxygens (including phenoxy) is 6. The summed E-state index contributed by atoms with van der Waals surface area (Å²) in [6, 6.07) is 105. The van der Waals surface area contributed by atoms with Gasteiger partial charge >= 0.3 is 0 Å². The van der Waals surface area contributed by atoms with Gasteiger partial charge in [-0.05, 0) is 120 Å². The summed E-state index contributed by atoms with van der Waals surface area (Å²) in [5.41, 5.74) is 21.9. The second-order valence-electron chi connectivity index (χ2n) is 27.2. The van der Waals surface area contributed by atoms with Crippen LogP contribution in [0.4, 0.5) is 5.69 Å². The standard InChI is InChI=1S/C29H21NO2.C21H17NO.C16H15NO.C10H12N2O.C10H11NO2.C10H11NOS/c31-26-17-15-20-9-5-7-13-23(20)28(26)27-22-12-6-4-8-19(22)14-16-24(27)25-18-32-29(30-25)21-10-2-1-3-11-21;1-3-9-16(10-4-1)18-13-7-8-14-19(18)20-15-23-21(22-20)17-11-5-2-6-12-17;1-12-17-16(11-18-12)15-10-6-5-9-14(15)13-7-3-2-4-8-13;1-7-12-10(6-13-7)8-4-2-3-5-9(8)11;1-7-11-9(6-13-7)8-4-2-3-5-10(8)12;1-7-11-9(6-12-7)8-4-2-3-5-10(8)13/h1-17,25,31H,18H2;1-14,20H,15H2;2-10,16H,11H2,1H3;2-5,10H,6,11H2,1H3;2-5,9,12H,6H2,1H3;2-5,9,13H,6H2,1H3/t25-;20-;16-;10-;2*9-/m111111/s1. The van der Waals surface area contributed by atoms with Crippen LogP contribution in [0.5, 0.6) is 11.5 Å². The van der Waals surface area contributed by atoms with Gasteiger partial charge in [-0.3, -0.25) is 0 Å². The van der Waals surface area contributed by atoms with Crippen molar-refractivity contribution in [3.63, 3.8) is 0 Å². The Kier molecular flexibility index (Phi) is 24.6. The quantitative estimate of drug-likeness (QED) is 0.0719. The summed E-state index contributed by atoms with van der Waals surface area (Å²) in [4.78, 5) is 28.2. The Labute approximate surface area is 659 Å². The van der Waals surface area contributed by atoms with Gasteiger partial charge in [0.1, 0.15) is 87.4 Å². The number of hydrogen-bond donors (Lipinski definition) is 4. The molecule has 6 heterocycles. The Balaban J connectivity index is 0.000000116. The molecule has 0 amide bonds.